The van der Waals surface area contributed by atoms with E-state index in [1.807, 2.05) is 18.2 Å². The van der Waals surface area contributed by atoms with Gasteiger partial charge in [0.25, 0.3) is 0 Å². The highest BCUT2D eigenvalue weighted by atomic mass is 16.5. The Morgan fingerprint density at radius 2 is 0.475 bits per heavy atom. The second kappa shape index (κ2) is 27.4. The number of hydrogen-bond acceptors (Lipinski definition) is 8. The van der Waals surface area contributed by atoms with Gasteiger partial charge in [-0.3, -0.25) is 0 Å². The standard InChI is InChI=1S/C112H68N6O2/c1-2-25-74(26-3-1)105-113-107(76-56-50-72(51-57-76)86-36-22-28-71-24-6-7-33-85(71)86)118-110(115-105)84-32-21-30-82(65-84)91-68-100-92(88-35-9-11-38-94(88)112(100)97-41-14-18-45-103(97)120-104-46-19-15-42-98(104)112)67-90(91)73-52-58-77(59-53-73)108-114-106(75-54-47-70(48-55-75)80-60-49-69-23-4-5-27-78(69)63-80)116-109(117-108)83-31-20-29-79(64-83)81-61-62-89-87-34-8-10-37-93(87)111(99(89)66-81)95-39-12-16-43-101(95)119-102-44-17-13-40-96(102)111/h1-68H. The fraction of sp³-hybridized carbons (Fsp3) is 0.0179. The molecule has 20 aromatic rings. The van der Waals surface area contributed by atoms with Gasteiger partial charge < -0.3 is 9.47 Å². The Kier molecular flexibility index (Phi) is 15.6. The number of aromatic nitrogens is 6. The molecular formula is C112H68N6O2. The molecule has 8 heteroatoms. The van der Waals surface area contributed by atoms with E-state index in [4.69, 9.17) is 39.4 Å². The van der Waals surface area contributed by atoms with Crippen molar-refractivity contribution in [3.05, 3.63) is 457 Å². The van der Waals surface area contributed by atoms with Crippen LogP contribution in [0.4, 0.5) is 0 Å². The maximum atomic E-state index is 6.88. The van der Waals surface area contributed by atoms with Gasteiger partial charge in [-0.2, -0.15) is 0 Å². The van der Waals surface area contributed by atoms with Crippen LogP contribution in [0.3, 0.4) is 0 Å². The van der Waals surface area contributed by atoms with Crippen LogP contribution in [0, 0.1) is 0 Å². The molecule has 2 spiro atoms. The quantitative estimate of drug-likeness (QED) is 0.126. The molecule has 18 aromatic carbocycles. The largest absolute Gasteiger partial charge is 0.457 e. The lowest BCUT2D eigenvalue weighted by Gasteiger charge is -2.39. The van der Waals surface area contributed by atoms with Crippen molar-refractivity contribution >= 4 is 21.5 Å². The molecule has 0 amide bonds. The van der Waals surface area contributed by atoms with Crippen molar-refractivity contribution in [3.8, 4) is 169 Å². The molecule has 0 bridgehead atoms. The van der Waals surface area contributed by atoms with Crippen LogP contribution in [0.1, 0.15) is 44.5 Å². The Morgan fingerprint density at radius 1 is 0.150 bits per heavy atom. The Labute approximate surface area is 693 Å². The van der Waals surface area contributed by atoms with Gasteiger partial charge in [-0.25, -0.2) is 29.9 Å². The monoisotopic (exact) mass is 1530 g/mol. The lowest BCUT2D eigenvalue weighted by molar-refractivity contribution is 0.436. The molecule has 2 aliphatic carbocycles. The summed E-state index contributed by atoms with van der Waals surface area (Å²) in [6, 6.07) is 148. The Hall–Kier alpha value is -15.9. The van der Waals surface area contributed by atoms with Gasteiger partial charge in [-0.05, 0) is 182 Å². The number of benzene rings is 18. The van der Waals surface area contributed by atoms with Gasteiger partial charge in [0, 0.05) is 55.6 Å². The van der Waals surface area contributed by atoms with E-state index >= 15 is 0 Å². The van der Waals surface area contributed by atoms with Crippen LogP contribution in [0.15, 0.2) is 413 Å². The van der Waals surface area contributed by atoms with Gasteiger partial charge >= 0.3 is 0 Å². The summed E-state index contributed by atoms with van der Waals surface area (Å²) in [7, 11) is 0. The summed E-state index contributed by atoms with van der Waals surface area (Å²) in [6.45, 7) is 0. The van der Waals surface area contributed by atoms with Gasteiger partial charge in [0.1, 0.15) is 23.0 Å². The SMILES string of the molecule is c1ccc(-c2nc(-c3ccc(-c4cccc5ccccc45)cc3)nc(-c3cccc(-c4cc5c(cc4-c4ccc(-c6nc(-c7ccc(-c8ccc9ccccc9c8)cc7)nc(-c7cccc(-c8ccc9c(c8)C8(c%10ccccc%10Oc%10ccccc%108)c8ccccc8-9)c7)n6)cc4)-c4ccccc4C54c5ccccc5Oc5ccccc54)c3)n2)cc1. The molecule has 0 radical (unpaired) electrons. The average Bonchev–Trinajstić information content (AvgIpc) is 1.50. The van der Waals surface area contributed by atoms with Crippen LogP contribution in [0.25, 0.3) is 168 Å². The van der Waals surface area contributed by atoms with Crippen molar-refractivity contribution in [2.75, 3.05) is 0 Å². The first-order valence-corrected chi connectivity index (χ1v) is 40.8. The molecule has 0 unspecified atom stereocenters. The highest BCUT2D eigenvalue weighted by Crippen LogP contribution is 2.65. The number of hydrogen-bond donors (Lipinski definition) is 0. The van der Waals surface area contributed by atoms with E-state index in [2.05, 4.69) is 394 Å². The first-order valence-electron chi connectivity index (χ1n) is 40.8. The maximum absolute atomic E-state index is 6.88. The minimum Gasteiger partial charge on any atom is -0.457 e. The van der Waals surface area contributed by atoms with Gasteiger partial charge in [-0.1, -0.05) is 352 Å². The topological polar surface area (TPSA) is 95.8 Å². The molecule has 0 saturated heterocycles. The van der Waals surface area contributed by atoms with E-state index in [1.54, 1.807) is 0 Å². The van der Waals surface area contributed by atoms with Crippen LogP contribution in [-0.2, 0) is 10.8 Å². The summed E-state index contributed by atoms with van der Waals surface area (Å²) in [4.78, 5) is 32.4. The van der Waals surface area contributed by atoms with Crippen LogP contribution >= 0.6 is 0 Å². The summed E-state index contributed by atoms with van der Waals surface area (Å²) in [5.41, 5.74) is 28.4. The van der Waals surface area contributed by atoms with Gasteiger partial charge in [0.05, 0.1) is 10.8 Å². The van der Waals surface area contributed by atoms with E-state index in [-0.39, 0.29) is 0 Å². The van der Waals surface area contributed by atoms with Crippen molar-refractivity contribution in [1.29, 1.82) is 0 Å². The zero-order valence-electron chi connectivity index (χ0n) is 64.8. The third kappa shape index (κ3) is 10.9. The second-order valence-corrected chi connectivity index (χ2v) is 31.4. The van der Waals surface area contributed by atoms with Crippen molar-refractivity contribution in [3.63, 3.8) is 0 Å². The van der Waals surface area contributed by atoms with Gasteiger partial charge in [-0.15, -0.1) is 0 Å². The van der Waals surface area contributed by atoms with Gasteiger partial charge in [0.15, 0.2) is 34.9 Å². The zero-order chi connectivity index (χ0) is 79.0. The molecule has 2 aromatic heterocycles. The predicted molar refractivity (Wildman–Crippen MR) is 483 cm³/mol. The molecule has 4 aliphatic rings. The van der Waals surface area contributed by atoms with Crippen molar-refractivity contribution in [1.82, 2.24) is 29.9 Å². The summed E-state index contributed by atoms with van der Waals surface area (Å²) < 4.78 is 13.6. The van der Waals surface area contributed by atoms with Crippen LogP contribution in [-0.4, -0.2) is 29.9 Å². The van der Waals surface area contributed by atoms with Crippen molar-refractivity contribution in [2.24, 2.45) is 0 Å². The molecule has 2 aliphatic heterocycles. The summed E-state index contributed by atoms with van der Waals surface area (Å²) in [5.74, 6) is 6.74. The first kappa shape index (κ1) is 68.5. The van der Waals surface area contributed by atoms with E-state index in [0.29, 0.717) is 34.9 Å². The molecule has 4 heterocycles. The van der Waals surface area contributed by atoms with Crippen molar-refractivity contribution in [2.45, 2.75) is 10.8 Å². The van der Waals surface area contributed by atoms with Crippen molar-refractivity contribution < 1.29 is 9.47 Å². The molecule has 0 fully saturated rings. The lowest BCUT2D eigenvalue weighted by atomic mass is 9.65. The number of rotatable bonds is 11. The Balaban J connectivity index is 0.658. The first-order chi connectivity index (χ1) is 59.4. The smallest absolute Gasteiger partial charge is 0.164 e. The van der Waals surface area contributed by atoms with Crippen LogP contribution < -0.4 is 9.47 Å². The van der Waals surface area contributed by atoms with Crippen LogP contribution in [0.2, 0.25) is 0 Å². The summed E-state index contributed by atoms with van der Waals surface area (Å²) >= 11 is 0. The average molecular weight is 1530 g/mol. The fourth-order valence-electron chi connectivity index (χ4n) is 19.4. The molecule has 558 valence electrons. The minimum absolute atomic E-state index is 0.543. The normalized spacial score (nSPS) is 13.1. The predicted octanol–water partition coefficient (Wildman–Crippen LogP) is 27.6. The zero-order valence-corrected chi connectivity index (χ0v) is 64.8. The number of ether oxygens (including phenoxy) is 2. The van der Waals surface area contributed by atoms with E-state index < -0.39 is 10.8 Å². The second-order valence-electron chi connectivity index (χ2n) is 31.4. The highest BCUT2D eigenvalue weighted by molar-refractivity contribution is 6.00. The third-order valence-corrected chi connectivity index (χ3v) is 24.9. The number of para-hydroxylation sites is 4. The Morgan fingerprint density at radius 3 is 1.03 bits per heavy atom. The third-order valence-electron chi connectivity index (χ3n) is 24.9. The molecule has 24 rings (SSSR count). The summed E-state index contributed by atoms with van der Waals surface area (Å²) in [5, 5.41) is 4.79. The lowest BCUT2D eigenvalue weighted by Crippen LogP contribution is -2.32. The summed E-state index contributed by atoms with van der Waals surface area (Å²) in [6.07, 6.45) is 0. The number of fused-ring (bicyclic) bond motifs is 20. The molecule has 0 saturated carbocycles. The highest BCUT2D eigenvalue weighted by Gasteiger charge is 2.53. The van der Waals surface area contributed by atoms with E-state index in [9.17, 15) is 0 Å². The van der Waals surface area contributed by atoms with E-state index in [0.717, 1.165) is 145 Å². The fourth-order valence-corrected chi connectivity index (χ4v) is 19.4. The molecule has 0 atom stereocenters. The van der Waals surface area contributed by atoms with Crippen LogP contribution in [0.5, 0.6) is 23.0 Å². The van der Waals surface area contributed by atoms with Gasteiger partial charge in [0.2, 0.25) is 0 Å². The molecular weight excluding hydrogens is 1460 g/mol. The molecule has 8 nitrogen and oxygen atoms in total. The Bertz CT molecular complexity index is 7510. The number of nitrogens with zero attached hydrogens (tertiary/aromatic N) is 6. The maximum Gasteiger partial charge on any atom is 0.164 e. The molecule has 120 heavy (non-hydrogen) atoms. The minimum atomic E-state index is -0.742. The molecule has 0 N–H and O–H groups in total. The van der Waals surface area contributed by atoms with E-state index in [1.165, 1.54) is 54.9 Å².